The van der Waals surface area contributed by atoms with Crippen molar-refractivity contribution in [3.05, 3.63) is 46.0 Å². The van der Waals surface area contributed by atoms with Crippen molar-refractivity contribution in [2.45, 2.75) is 52.1 Å². The molecule has 37 heavy (non-hydrogen) atoms. The number of rotatable bonds is 9. The number of carbonyl (C=O) groups is 3. The number of aromatic amines is 1. The number of hydrogen-bond acceptors (Lipinski definition) is 7. The average Bonchev–Trinajstić information content (AvgIpc) is 3.31. The number of hydrogen-bond donors (Lipinski definition) is 3. The summed E-state index contributed by atoms with van der Waals surface area (Å²) in [5, 5.41) is 20.6. The molecule has 196 valence electrons. The lowest BCUT2D eigenvalue weighted by Crippen LogP contribution is -2.46. The molecule has 0 saturated heterocycles. The van der Waals surface area contributed by atoms with Gasteiger partial charge in [-0.25, -0.2) is 4.98 Å². The van der Waals surface area contributed by atoms with Gasteiger partial charge in [-0.2, -0.15) is 5.10 Å². The Bertz CT molecular complexity index is 1390. The molecule has 0 aromatic carbocycles. The number of aromatic hydroxyl groups is 1. The van der Waals surface area contributed by atoms with Crippen LogP contribution in [0.25, 0.3) is 11.0 Å². The highest BCUT2D eigenvalue weighted by atomic mass is 16.3. The summed E-state index contributed by atoms with van der Waals surface area (Å²) in [6.07, 6.45) is 3.82. The van der Waals surface area contributed by atoms with Crippen molar-refractivity contribution in [1.29, 1.82) is 0 Å². The molecule has 0 aliphatic carbocycles. The molecular formula is C25H31N7O5. The monoisotopic (exact) mass is 509 g/mol. The summed E-state index contributed by atoms with van der Waals surface area (Å²) >= 11 is 0. The molecular weight excluding hydrogens is 478 g/mol. The van der Waals surface area contributed by atoms with Crippen molar-refractivity contribution in [3.8, 4) is 5.75 Å². The Morgan fingerprint density at radius 2 is 2.00 bits per heavy atom. The topological polar surface area (TPSA) is 154 Å². The summed E-state index contributed by atoms with van der Waals surface area (Å²) in [7, 11) is 1.56. The fraction of sp³-hybridized carbons (Fsp3) is 0.440. The second-order valence-corrected chi connectivity index (χ2v) is 9.30. The van der Waals surface area contributed by atoms with E-state index in [1.54, 1.807) is 34.8 Å². The van der Waals surface area contributed by atoms with Gasteiger partial charge in [-0.05, 0) is 38.8 Å². The molecule has 0 atom stereocenters. The number of carbonyl (C=O) groups excluding carboxylic acids is 3. The SMILES string of the molecule is CC(C)N1CCn2c(N(C)C(=O)CCCCCNC(=O)c3n[nH]c4ncccc34)cc(=O)c(O)c2C1=O. The molecule has 1 aliphatic rings. The van der Waals surface area contributed by atoms with E-state index >= 15 is 0 Å². The van der Waals surface area contributed by atoms with Gasteiger partial charge >= 0.3 is 0 Å². The minimum Gasteiger partial charge on any atom is -0.503 e. The maximum atomic E-state index is 12.9. The summed E-state index contributed by atoms with van der Waals surface area (Å²) in [4.78, 5) is 57.6. The number of anilines is 1. The number of nitrogens with zero attached hydrogens (tertiary/aromatic N) is 5. The minimum absolute atomic E-state index is 0.0841. The van der Waals surface area contributed by atoms with Crippen molar-refractivity contribution < 1.29 is 19.5 Å². The molecule has 4 heterocycles. The zero-order valence-electron chi connectivity index (χ0n) is 21.2. The number of nitrogens with one attached hydrogen (secondary N) is 2. The molecule has 4 rings (SSSR count). The Morgan fingerprint density at radius 1 is 1.22 bits per heavy atom. The van der Waals surface area contributed by atoms with E-state index in [1.807, 2.05) is 13.8 Å². The van der Waals surface area contributed by atoms with Crippen molar-refractivity contribution in [3.63, 3.8) is 0 Å². The lowest BCUT2D eigenvalue weighted by atomic mass is 10.1. The molecule has 3 aromatic heterocycles. The Hall–Kier alpha value is -4.22. The average molecular weight is 510 g/mol. The van der Waals surface area contributed by atoms with E-state index in [9.17, 15) is 24.3 Å². The largest absolute Gasteiger partial charge is 0.503 e. The first-order valence-electron chi connectivity index (χ1n) is 12.3. The van der Waals surface area contributed by atoms with E-state index in [1.165, 1.54) is 11.0 Å². The van der Waals surface area contributed by atoms with Crippen LogP contribution >= 0.6 is 0 Å². The van der Waals surface area contributed by atoms with Crippen LogP contribution in [-0.2, 0) is 11.3 Å². The predicted octanol–water partition coefficient (Wildman–Crippen LogP) is 1.64. The number of pyridine rings is 2. The van der Waals surface area contributed by atoms with Gasteiger partial charge in [0.15, 0.2) is 22.8 Å². The van der Waals surface area contributed by atoms with E-state index < -0.39 is 17.1 Å². The van der Waals surface area contributed by atoms with Gasteiger partial charge in [0.25, 0.3) is 11.8 Å². The Labute approximate surface area is 213 Å². The van der Waals surface area contributed by atoms with Crippen LogP contribution in [0.4, 0.5) is 5.82 Å². The van der Waals surface area contributed by atoms with Crippen LogP contribution in [0.5, 0.6) is 5.75 Å². The molecule has 3 aromatic rings. The van der Waals surface area contributed by atoms with E-state index in [-0.39, 0.29) is 35.8 Å². The highest BCUT2D eigenvalue weighted by Crippen LogP contribution is 2.26. The molecule has 0 bridgehead atoms. The van der Waals surface area contributed by atoms with Gasteiger partial charge < -0.3 is 24.8 Å². The maximum absolute atomic E-state index is 12.9. The van der Waals surface area contributed by atoms with Crippen molar-refractivity contribution >= 4 is 34.6 Å². The highest BCUT2D eigenvalue weighted by molar-refractivity contribution is 6.03. The first kappa shape index (κ1) is 25.9. The summed E-state index contributed by atoms with van der Waals surface area (Å²) < 4.78 is 1.54. The van der Waals surface area contributed by atoms with Gasteiger partial charge in [0.05, 0.1) is 5.39 Å². The first-order valence-corrected chi connectivity index (χ1v) is 12.3. The Kier molecular flexibility index (Phi) is 7.55. The lowest BCUT2D eigenvalue weighted by molar-refractivity contribution is -0.118. The molecule has 0 unspecified atom stereocenters. The van der Waals surface area contributed by atoms with Crippen LogP contribution in [0.2, 0.25) is 0 Å². The molecule has 0 saturated carbocycles. The summed E-state index contributed by atoms with van der Waals surface area (Å²) in [6.45, 7) is 4.94. The van der Waals surface area contributed by atoms with E-state index in [0.717, 1.165) is 0 Å². The van der Waals surface area contributed by atoms with Gasteiger partial charge in [0.2, 0.25) is 11.3 Å². The van der Waals surface area contributed by atoms with Crippen molar-refractivity contribution in [1.82, 2.24) is 30.0 Å². The molecule has 1 aliphatic heterocycles. The minimum atomic E-state index is -0.698. The van der Waals surface area contributed by atoms with Crippen molar-refractivity contribution in [2.75, 3.05) is 25.0 Å². The lowest BCUT2D eigenvalue weighted by Gasteiger charge is -2.35. The number of aromatic nitrogens is 4. The third-order valence-corrected chi connectivity index (χ3v) is 6.54. The molecule has 12 heteroatoms. The van der Waals surface area contributed by atoms with Crippen LogP contribution in [0.1, 0.15) is 60.5 Å². The van der Waals surface area contributed by atoms with Gasteiger partial charge in [0, 0.05) is 51.4 Å². The zero-order valence-corrected chi connectivity index (χ0v) is 21.2. The molecule has 0 spiro atoms. The van der Waals surface area contributed by atoms with E-state index in [0.29, 0.717) is 55.6 Å². The zero-order chi connectivity index (χ0) is 26.7. The van der Waals surface area contributed by atoms with Crippen LogP contribution in [0.15, 0.2) is 29.2 Å². The third kappa shape index (κ3) is 5.18. The number of fused-ring (bicyclic) bond motifs is 2. The van der Waals surface area contributed by atoms with Gasteiger partial charge in [-0.3, -0.25) is 24.3 Å². The maximum Gasteiger partial charge on any atom is 0.274 e. The standard InChI is InChI=1S/C25H31N7O5/c1-15(2)31-12-13-32-18(14-17(33)22(35)21(32)25(31)37)30(3)19(34)9-5-4-6-10-27-24(36)20-16-8-7-11-26-23(16)29-28-20/h7-8,11,14-15,35H,4-6,9-10,12-13H2,1-3H3,(H,27,36)(H,26,28,29). The smallest absolute Gasteiger partial charge is 0.274 e. The molecule has 12 nitrogen and oxygen atoms in total. The summed E-state index contributed by atoms with van der Waals surface area (Å²) in [6, 6.07) is 4.63. The molecule has 0 fully saturated rings. The van der Waals surface area contributed by atoms with Gasteiger partial charge in [-0.15, -0.1) is 0 Å². The van der Waals surface area contributed by atoms with E-state index in [4.69, 9.17) is 0 Å². The fourth-order valence-corrected chi connectivity index (χ4v) is 4.47. The first-order chi connectivity index (χ1) is 17.7. The van der Waals surface area contributed by atoms with Crippen LogP contribution in [0, 0.1) is 0 Å². The molecule has 3 N–H and O–H groups in total. The second-order valence-electron chi connectivity index (χ2n) is 9.30. The van der Waals surface area contributed by atoms with E-state index in [2.05, 4.69) is 20.5 Å². The number of unbranched alkanes of at least 4 members (excludes halogenated alkanes) is 2. The fourth-order valence-electron chi connectivity index (χ4n) is 4.47. The normalized spacial score (nSPS) is 13.2. The second kappa shape index (κ2) is 10.8. The van der Waals surface area contributed by atoms with Crippen LogP contribution in [-0.4, -0.2) is 73.7 Å². The number of amides is 3. The quantitative estimate of drug-likeness (QED) is 0.371. The molecule has 0 radical (unpaired) electrons. The Balaban J connectivity index is 1.30. The summed E-state index contributed by atoms with van der Waals surface area (Å²) in [5.41, 5.74) is 0.0609. The van der Waals surface area contributed by atoms with Crippen LogP contribution in [0.3, 0.4) is 0 Å². The third-order valence-electron chi connectivity index (χ3n) is 6.54. The number of H-pyrrole nitrogens is 1. The van der Waals surface area contributed by atoms with Gasteiger partial charge in [-0.1, -0.05) is 6.42 Å². The summed E-state index contributed by atoms with van der Waals surface area (Å²) in [5.74, 6) is -1.24. The van der Waals surface area contributed by atoms with Crippen molar-refractivity contribution in [2.24, 2.45) is 0 Å². The van der Waals surface area contributed by atoms with Crippen LogP contribution < -0.4 is 15.6 Å². The van der Waals surface area contributed by atoms with Gasteiger partial charge in [0.1, 0.15) is 5.82 Å². The predicted molar refractivity (Wildman–Crippen MR) is 137 cm³/mol. The Morgan fingerprint density at radius 3 is 2.76 bits per heavy atom. The highest BCUT2D eigenvalue weighted by Gasteiger charge is 2.32. The molecule has 3 amide bonds.